The van der Waals surface area contributed by atoms with Crippen molar-refractivity contribution in [3.05, 3.63) is 12.4 Å². The zero-order chi connectivity index (χ0) is 15.5. The molecule has 2 rings (SSSR count). The summed E-state index contributed by atoms with van der Waals surface area (Å²) in [5.74, 6) is -0.698. The first kappa shape index (κ1) is 16.0. The lowest BCUT2D eigenvalue weighted by molar-refractivity contribution is -0.149. The maximum atomic E-state index is 12.6. The van der Waals surface area contributed by atoms with E-state index in [9.17, 15) is 13.2 Å². The van der Waals surface area contributed by atoms with Crippen LogP contribution < -0.4 is 0 Å². The van der Waals surface area contributed by atoms with Gasteiger partial charge < -0.3 is 4.74 Å². The van der Waals surface area contributed by atoms with Crippen LogP contribution in [0.15, 0.2) is 17.3 Å². The number of ether oxygens (including phenoxy) is 1. The van der Waals surface area contributed by atoms with Crippen molar-refractivity contribution in [2.75, 3.05) is 19.7 Å². The minimum Gasteiger partial charge on any atom is -0.466 e. The second kappa shape index (κ2) is 6.57. The Hall–Kier alpha value is -1.41. The Morgan fingerprint density at radius 2 is 2.24 bits per heavy atom. The highest BCUT2D eigenvalue weighted by Gasteiger charge is 2.34. The van der Waals surface area contributed by atoms with Crippen LogP contribution in [0.4, 0.5) is 0 Å². The van der Waals surface area contributed by atoms with Gasteiger partial charge in [0.1, 0.15) is 4.90 Å². The number of esters is 1. The number of rotatable bonds is 5. The third-order valence-electron chi connectivity index (χ3n) is 3.58. The number of aromatic nitrogens is 2. The molecule has 2 heterocycles. The van der Waals surface area contributed by atoms with Gasteiger partial charge in [0, 0.05) is 25.8 Å². The van der Waals surface area contributed by atoms with Crippen LogP contribution in [0.5, 0.6) is 0 Å². The van der Waals surface area contributed by atoms with Gasteiger partial charge in [-0.3, -0.25) is 9.48 Å². The molecule has 1 fully saturated rings. The van der Waals surface area contributed by atoms with Crippen molar-refractivity contribution in [3.8, 4) is 0 Å². The molecule has 0 aromatic carbocycles. The number of sulfonamides is 1. The zero-order valence-electron chi connectivity index (χ0n) is 12.4. The molecule has 1 atom stereocenters. The van der Waals surface area contributed by atoms with Crippen molar-refractivity contribution in [2.45, 2.75) is 38.1 Å². The molecule has 21 heavy (non-hydrogen) atoms. The molecule has 1 aromatic rings. The highest BCUT2D eigenvalue weighted by molar-refractivity contribution is 7.89. The molecule has 1 aromatic heterocycles. The Balaban J connectivity index is 2.14. The SMILES string of the molecule is CCOC(=O)[C@H]1CCCN(S(=O)(=O)c2cnn(CC)c2)C1. The number of aryl methyl sites for hydroxylation is 1. The lowest BCUT2D eigenvalue weighted by atomic mass is 10.0. The Morgan fingerprint density at radius 3 is 2.86 bits per heavy atom. The van der Waals surface area contributed by atoms with E-state index < -0.39 is 10.0 Å². The number of hydrogen-bond acceptors (Lipinski definition) is 5. The zero-order valence-corrected chi connectivity index (χ0v) is 13.2. The Morgan fingerprint density at radius 1 is 1.48 bits per heavy atom. The van der Waals surface area contributed by atoms with Gasteiger partial charge in [0.25, 0.3) is 0 Å². The van der Waals surface area contributed by atoms with Gasteiger partial charge in [0.15, 0.2) is 0 Å². The molecule has 0 radical (unpaired) electrons. The van der Waals surface area contributed by atoms with E-state index in [4.69, 9.17) is 4.74 Å². The largest absolute Gasteiger partial charge is 0.466 e. The Kier molecular flexibility index (Phi) is 5.00. The van der Waals surface area contributed by atoms with E-state index in [1.807, 2.05) is 6.92 Å². The number of carbonyl (C=O) groups excluding carboxylic acids is 1. The van der Waals surface area contributed by atoms with Crippen LogP contribution >= 0.6 is 0 Å². The second-order valence-electron chi connectivity index (χ2n) is 4.99. The Bertz CT molecular complexity index is 596. The van der Waals surface area contributed by atoms with E-state index in [1.54, 1.807) is 11.6 Å². The summed E-state index contributed by atoms with van der Waals surface area (Å²) in [6, 6.07) is 0. The maximum Gasteiger partial charge on any atom is 0.310 e. The van der Waals surface area contributed by atoms with Crippen molar-refractivity contribution in [1.82, 2.24) is 14.1 Å². The van der Waals surface area contributed by atoms with Gasteiger partial charge in [-0.15, -0.1) is 0 Å². The van der Waals surface area contributed by atoms with Gasteiger partial charge >= 0.3 is 5.97 Å². The molecular weight excluding hydrogens is 294 g/mol. The van der Waals surface area contributed by atoms with Crippen molar-refractivity contribution >= 4 is 16.0 Å². The number of nitrogens with zero attached hydrogens (tertiary/aromatic N) is 3. The van der Waals surface area contributed by atoms with Gasteiger partial charge in [-0.2, -0.15) is 9.40 Å². The van der Waals surface area contributed by atoms with Gasteiger partial charge in [0.05, 0.1) is 18.7 Å². The Labute approximate surface area is 124 Å². The summed E-state index contributed by atoms with van der Waals surface area (Å²) in [5.41, 5.74) is 0. The van der Waals surface area contributed by atoms with Crippen molar-refractivity contribution < 1.29 is 17.9 Å². The lowest BCUT2D eigenvalue weighted by Crippen LogP contribution is -2.42. The fourth-order valence-corrected chi connectivity index (χ4v) is 3.89. The van der Waals surface area contributed by atoms with Crippen molar-refractivity contribution in [1.29, 1.82) is 0 Å². The molecule has 1 aliphatic rings. The van der Waals surface area contributed by atoms with Gasteiger partial charge in [0.2, 0.25) is 10.0 Å². The predicted molar refractivity (Wildman–Crippen MR) is 76.0 cm³/mol. The number of piperidine rings is 1. The van der Waals surface area contributed by atoms with Gasteiger partial charge in [-0.05, 0) is 26.7 Å². The quantitative estimate of drug-likeness (QED) is 0.753. The number of hydrogen-bond donors (Lipinski definition) is 0. The van der Waals surface area contributed by atoms with Crippen LogP contribution in [-0.2, 0) is 26.1 Å². The normalized spacial score (nSPS) is 20.4. The van der Waals surface area contributed by atoms with E-state index in [0.29, 0.717) is 32.5 Å². The summed E-state index contributed by atoms with van der Waals surface area (Å²) < 4.78 is 33.0. The van der Waals surface area contributed by atoms with E-state index in [2.05, 4.69) is 5.10 Å². The lowest BCUT2D eigenvalue weighted by Gasteiger charge is -2.30. The monoisotopic (exact) mass is 315 g/mol. The summed E-state index contributed by atoms with van der Waals surface area (Å²) in [5, 5.41) is 4.00. The fourth-order valence-electron chi connectivity index (χ4n) is 2.41. The van der Waals surface area contributed by atoms with Crippen LogP contribution in [0.1, 0.15) is 26.7 Å². The molecule has 0 unspecified atom stereocenters. The van der Waals surface area contributed by atoms with Gasteiger partial charge in [-0.25, -0.2) is 8.42 Å². The first-order chi connectivity index (χ1) is 9.98. The first-order valence-corrected chi connectivity index (χ1v) is 8.62. The van der Waals surface area contributed by atoms with E-state index >= 15 is 0 Å². The molecule has 7 nitrogen and oxygen atoms in total. The van der Waals surface area contributed by atoms with E-state index in [-0.39, 0.29) is 23.3 Å². The molecule has 118 valence electrons. The van der Waals surface area contributed by atoms with Crippen LogP contribution in [0.2, 0.25) is 0 Å². The molecule has 0 spiro atoms. The number of carbonyl (C=O) groups is 1. The molecule has 1 saturated heterocycles. The second-order valence-corrected chi connectivity index (χ2v) is 6.92. The molecular formula is C13H21N3O4S. The van der Waals surface area contributed by atoms with Crippen LogP contribution in [0.3, 0.4) is 0 Å². The smallest absolute Gasteiger partial charge is 0.310 e. The van der Waals surface area contributed by atoms with Crippen molar-refractivity contribution in [3.63, 3.8) is 0 Å². The molecule has 8 heteroatoms. The molecule has 0 N–H and O–H groups in total. The van der Waals surface area contributed by atoms with Crippen molar-refractivity contribution in [2.24, 2.45) is 5.92 Å². The minimum absolute atomic E-state index is 0.175. The topological polar surface area (TPSA) is 81.5 Å². The standard InChI is InChI=1S/C13H21N3O4S/c1-3-15-10-12(8-14-15)21(18,19)16-7-5-6-11(9-16)13(17)20-4-2/h8,10-11H,3-7,9H2,1-2H3/t11-/m0/s1. The predicted octanol–water partition coefficient (Wildman–Crippen LogP) is 0.867. The summed E-state index contributed by atoms with van der Waals surface area (Å²) in [4.78, 5) is 12.0. The van der Waals surface area contributed by atoms with Crippen LogP contribution in [0, 0.1) is 5.92 Å². The third-order valence-corrected chi connectivity index (χ3v) is 5.39. The van der Waals surface area contributed by atoms with Crippen LogP contribution in [-0.4, -0.2) is 48.2 Å². The minimum atomic E-state index is -3.59. The van der Waals surface area contributed by atoms with Gasteiger partial charge in [-0.1, -0.05) is 0 Å². The average molecular weight is 315 g/mol. The molecule has 0 amide bonds. The highest BCUT2D eigenvalue weighted by atomic mass is 32.2. The maximum absolute atomic E-state index is 12.6. The summed E-state index contributed by atoms with van der Waals surface area (Å²) in [6.07, 6.45) is 4.19. The molecule has 1 aliphatic heterocycles. The average Bonchev–Trinajstić information content (AvgIpc) is 2.97. The fraction of sp³-hybridized carbons (Fsp3) is 0.692. The first-order valence-electron chi connectivity index (χ1n) is 7.18. The molecule has 0 saturated carbocycles. The third kappa shape index (κ3) is 3.44. The molecule has 0 aliphatic carbocycles. The summed E-state index contributed by atoms with van der Waals surface area (Å²) in [7, 11) is -3.59. The summed E-state index contributed by atoms with van der Waals surface area (Å²) in [6.45, 7) is 5.16. The van der Waals surface area contributed by atoms with E-state index in [0.717, 1.165) is 0 Å². The molecule has 0 bridgehead atoms. The highest BCUT2D eigenvalue weighted by Crippen LogP contribution is 2.24. The summed E-state index contributed by atoms with van der Waals surface area (Å²) >= 11 is 0. The van der Waals surface area contributed by atoms with Crippen LogP contribution in [0.25, 0.3) is 0 Å². The van der Waals surface area contributed by atoms with E-state index in [1.165, 1.54) is 16.7 Å².